The zero-order chi connectivity index (χ0) is 15.3. The van der Waals surface area contributed by atoms with E-state index in [-0.39, 0.29) is 0 Å². The van der Waals surface area contributed by atoms with Crippen molar-refractivity contribution < 1.29 is 9.47 Å². The number of rotatable bonds is 2. The Morgan fingerprint density at radius 1 is 0.864 bits per heavy atom. The molecule has 114 valence electrons. The summed E-state index contributed by atoms with van der Waals surface area (Å²) in [5.41, 5.74) is 5.65. The van der Waals surface area contributed by atoms with Crippen molar-refractivity contribution in [3.05, 3.63) is 58.7 Å². The minimum absolute atomic E-state index is 0.411. The third-order valence-electron chi connectivity index (χ3n) is 5.18. The first-order valence-electron chi connectivity index (χ1n) is 7.79. The molecule has 3 nitrogen and oxygen atoms in total. The second-order valence-corrected chi connectivity index (χ2v) is 6.25. The smallest absolute Gasteiger partial charge is 0.119 e. The molecular weight excluding hydrogens is 274 g/mol. The number of ether oxygens (including phenoxy) is 2. The molecule has 2 heterocycles. The van der Waals surface area contributed by atoms with Gasteiger partial charge in [-0.05, 0) is 53.4 Å². The van der Waals surface area contributed by atoms with Gasteiger partial charge < -0.3 is 9.47 Å². The molecule has 3 heteroatoms. The molecule has 0 fully saturated rings. The van der Waals surface area contributed by atoms with E-state index in [0.29, 0.717) is 12.0 Å². The molecule has 0 N–H and O–H groups in total. The van der Waals surface area contributed by atoms with Crippen molar-refractivity contribution in [3.63, 3.8) is 0 Å². The summed E-state index contributed by atoms with van der Waals surface area (Å²) in [6.07, 6.45) is 0. The minimum atomic E-state index is 0.411. The third-order valence-corrected chi connectivity index (χ3v) is 5.18. The lowest BCUT2D eigenvalue weighted by Crippen LogP contribution is -2.45. The van der Waals surface area contributed by atoms with Crippen molar-refractivity contribution in [2.45, 2.75) is 32.0 Å². The normalized spacial score (nSPS) is 25.1. The fourth-order valence-corrected chi connectivity index (χ4v) is 3.96. The SMILES string of the molecule is COc1ccc2c(c1)CN1Cc3ccc(OC)cc3[C@@H]2[C@H]1C. The summed E-state index contributed by atoms with van der Waals surface area (Å²) < 4.78 is 10.8. The van der Waals surface area contributed by atoms with E-state index in [1.165, 1.54) is 22.3 Å². The maximum Gasteiger partial charge on any atom is 0.119 e. The van der Waals surface area contributed by atoms with Crippen LogP contribution in [-0.2, 0) is 13.1 Å². The molecule has 0 saturated heterocycles. The number of fused-ring (bicyclic) bond motifs is 6. The van der Waals surface area contributed by atoms with Crippen LogP contribution in [0.4, 0.5) is 0 Å². The Balaban J connectivity index is 1.89. The largest absolute Gasteiger partial charge is 0.497 e. The van der Waals surface area contributed by atoms with Gasteiger partial charge in [0.25, 0.3) is 0 Å². The Morgan fingerprint density at radius 3 is 2.32 bits per heavy atom. The first kappa shape index (κ1) is 13.6. The van der Waals surface area contributed by atoms with Crippen molar-refractivity contribution >= 4 is 0 Å². The van der Waals surface area contributed by atoms with Gasteiger partial charge in [0.2, 0.25) is 0 Å². The summed E-state index contributed by atoms with van der Waals surface area (Å²) >= 11 is 0. The first-order chi connectivity index (χ1) is 10.7. The van der Waals surface area contributed by atoms with Crippen LogP contribution >= 0.6 is 0 Å². The van der Waals surface area contributed by atoms with Gasteiger partial charge in [-0.3, -0.25) is 4.90 Å². The molecule has 2 aliphatic rings. The maximum absolute atomic E-state index is 5.44. The van der Waals surface area contributed by atoms with Gasteiger partial charge in [-0.2, -0.15) is 0 Å². The molecule has 22 heavy (non-hydrogen) atoms. The molecule has 2 aromatic rings. The molecular formula is C19H21NO2. The summed E-state index contributed by atoms with van der Waals surface area (Å²) in [4.78, 5) is 2.56. The molecule has 2 bridgehead atoms. The fraction of sp³-hybridized carbons (Fsp3) is 0.368. The van der Waals surface area contributed by atoms with E-state index in [1.54, 1.807) is 14.2 Å². The van der Waals surface area contributed by atoms with Gasteiger partial charge in [-0.25, -0.2) is 0 Å². The van der Waals surface area contributed by atoms with Crippen LogP contribution < -0.4 is 9.47 Å². The van der Waals surface area contributed by atoms with Gasteiger partial charge in [0, 0.05) is 25.0 Å². The van der Waals surface area contributed by atoms with E-state index in [2.05, 4.69) is 48.2 Å². The van der Waals surface area contributed by atoms with Crippen molar-refractivity contribution in [2.24, 2.45) is 0 Å². The molecule has 2 aliphatic heterocycles. The van der Waals surface area contributed by atoms with Crippen LogP contribution in [0.3, 0.4) is 0 Å². The van der Waals surface area contributed by atoms with Crippen molar-refractivity contribution in [3.8, 4) is 11.5 Å². The van der Waals surface area contributed by atoms with E-state index < -0.39 is 0 Å². The maximum atomic E-state index is 5.44. The topological polar surface area (TPSA) is 21.7 Å². The summed E-state index contributed by atoms with van der Waals surface area (Å²) in [5, 5.41) is 0. The van der Waals surface area contributed by atoms with Gasteiger partial charge in [-0.1, -0.05) is 12.1 Å². The van der Waals surface area contributed by atoms with E-state index >= 15 is 0 Å². The van der Waals surface area contributed by atoms with Crippen molar-refractivity contribution in [1.29, 1.82) is 0 Å². The van der Waals surface area contributed by atoms with Gasteiger partial charge in [0.15, 0.2) is 0 Å². The molecule has 3 atom stereocenters. The Bertz CT molecular complexity index is 725. The van der Waals surface area contributed by atoms with Crippen LogP contribution in [0.1, 0.15) is 35.1 Å². The second kappa shape index (κ2) is 5.03. The molecule has 0 radical (unpaired) electrons. The second-order valence-electron chi connectivity index (χ2n) is 6.25. The lowest BCUT2D eigenvalue weighted by Gasteiger charge is -2.46. The highest BCUT2D eigenvalue weighted by Gasteiger charge is 2.38. The van der Waals surface area contributed by atoms with Gasteiger partial charge in [0.1, 0.15) is 11.5 Å². The average molecular weight is 295 g/mol. The monoisotopic (exact) mass is 295 g/mol. The number of benzene rings is 2. The van der Waals surface area contributed by atoms with Crippen LogP contribution in [0, 0.1) is 0 Å². The Labute approximate surface area is 131 Å². The minimum Gasteiger partial charge on any atom is -0.497 e. The first-order valence-corrected chi connectivity index (χ1v) is 7.79. The van der Waals surface area contributed by atoms with Gasteiger partial charge in [0.05, 0.1) is 14.2 Å². The summed E-state index contributed by atoms with van der Waals surface area (Å²) in [6, 6.07) is 13.5. The number of hydrogen-bond acceptors (Lipinski definition) is 3. The van der Waals surface area contributed by atoms with Crippen LogP contribution in [0.25, 0.3) is 0 Å². The standard InChI is InChI=1S/C19H21NO2/c1-12-19-17-7-6-15(21-2)8-14(17)11-20(12)10-13-4-5-16(22-3)9-18(13)19/h4-9,12,19H,10-11H2,1-3H3/t12-,19-/m1/s1. The van der Waals surface area contributed by atoms with E-state index in [4.69, 9.17) is 9.47 Å². The Hall–Kier alpha value is -2.00. The molecule has 4 rings (SSSR count). The summed E-state index contributed by atoms with van der Waals surface area (Å²) in [5.74, 6) is 2.30. The highest BCUT2D eigenvalue weighted by molar-refractivity contribution is 5.51. The molecule has 2 aromatic carbocycles. The van der Waals surface area contributed by atoms with Gasteiger partial charge in [-0.15, -0.1) is 0 Å². The van der Waals surface area contributed by atoms with Crippen LogP contribution in [0.2, 0.25) is 0 Å². The zero-order valence-electron chi connectivity index (χ0n) is 13.3. The fourth-order valence-electron chi connectivity index (χ4n) is 3.96. The predicted molar refractivity (Wildman–Crippen MR) is 86.5 cm³/mol. The molecule has 0 saturated carbocycles. The quantitative estimate of drug-likeness (QED) is 0.845. The average Bonchev–Trinajstić information content (AvgIpc) is 2.54. The summed E-state index contributed by atoms with van der Waals surface area (Å²) in [6.45, 7) is 4.34. The molecule has 0 amide bonds. The Kier molecular flexibility index (Phi) is 3.12. The van der Waals surface area contributed by atoms with Crippen molar-refractivity contribution in [1.82, 2.24) is 4.90 Å². The number of methoxy groups -OCH3 is 2. The van der Waals surface area contributed by atoms with Crippen LogP contribution in [0.5, 0.6) is 11.5 Å². The van der Waals surface area contributed by atoms with Crippen LogP contribution in [-0.4, -0.2) is 25.2 Å². The molecule has 0 aromatic heterocycles. The van der Waals surface area contributed by atoms with Crippen LogP contribution in [0.15, 0.2) is 36.4 Å². The van der Waals surface area contributed by atoms with Gasteiger partial charge >= 0.3 is 0 Å². The third kappa shape index (κ3) is 1.92. The van der Waals surface area contributed by atoms with E-state index in [0.717, 1.165) is 24.6 Å². The van der Waals surface area contributed by atoms with E-state index in [9.17, 15) is 0 Å². The molecule has 0 aliphatic carbocycles. The Morgan fingerprint density at radius 2 is 1.55 bits per heavy atom. The zero-order valence-corrected chi connectivity index (χ0v) is 13.3. The lowest BCUT2D eigenvalue weighted by molar-refractivity contribution is 0.144. The summed E-state index contributed by atoms with van der Waals surface area (Å²) in [7, 11) is 3.47. The van der Waals surface area contributed by atoms with E-state index in [1.807, 2.05) is 0 Å². The molecule has 0 spiro atoms. The lowest BCUT2D eigenvalue weighted by atomic mass is 9.75. The number of hydrogen-bond donors (Lipinski definition) is 0. The highest BCUT2D eigenvalue weighted by Crippen LogP contribution is 2.45. The predicted octanol–water partition coefficient (Wildman–Crippen LogP) is 3.55. The number of nitrogens with zero attached hydrogens (tertiary/aromatic N) is 1. The molecule has 1 unspecified atom stereocenters. The highest BCUT2D eigenvalue weighted by atomic mass is 16.5. The van der Waals surface area contributed by atoms with Crippen molar-refractivity contribution in [2.75, 3.05) is 14.2 Å².